The Bertz CT molecular complexity index is 592. The number of carbonyl (C=O) groups excluding carboxylic acids is 1. The number of aromatic nitrogens is 1. The van der Waals surface area contributed by atoms with Crippen LogP contribution >= 0.6 is 23.4 Å². The molecule has 0 bridgehead atoms. The van der Waals surface area contributed by atoms with Crippen molar-refractivity contribution in [3.8, 4) is 0 Å². The molecule has 1 aromatic heterocycles. The summed E-state index contributed by atoms with van der Waals surface area (Å²) in [6.45, 7) is 2.51. The van der Waals surface area contributed by atoms with Gasteiger partial charge in [0.2, 0.25) is 5.91 Å². The summed E-state index contributed by atoms with van der Waals surface area (Å²) in [5.74, 6) is 0.406. The topological polar surface area (TPSA) is 42.0 Å². The maximum atomic E-state index is 11.8. The van der Waals surface area contributed by atoms with Crippen LogP contribution in [0, 0.1) is 0 Å². The number of hydrogen-bond donors (Lipinski definition) is 1. The molecule has 1 atom stereocenters. The average molecular weight is 321 g/mol. The Morgan fingerprint density at radius 2 is 2.05 bits per heavy atom. The van der Waals surface area contributed by atoms with Crippen molar-refractivity contribution < 1.29 is 4.79 Å². The standard InChI is InChI=1S/C16H17ClN2OS/c1-12(14-7-2-3-8-15(14)17)21-11-16(20)19-10-13-6-4-5-9-18-13/h2-9,12H,10-11H2,1H3,(H,19,20)/t12-/m0/s1. The van der Waals surface area contributed by atoms with Gasteiger partial charge in [0.15, 0.2) is 0 Å². The molecule has 0 unspecified atom stereocenters. The van der Waals surface area contributed by atoms with Crippen molar-refractivity contribution >= 4 is 29.3 Å². The molecule has 0 aliphatic rings. The molecular formula is C16H17ClN2OS. The molecule has 110 valence electrons. The minimum atomic E-state index is 0.00422. The maximum Gasteiger partial charge on any atom is 0.230 e. The van der Waals surface area contributed by atoms with Gasteiger partial charge in [-0.1, -0.05) is 35.9 Å². The van der Waals surface area contributed by atoms with Crippen LogP contribution in [0.1, 0.15) is 23.4 Å². The van der Waals surface area contributed by atoms with E-state index in [1.54, 1.807) is 18.0 Å². The van der Waals surface area contributed by atoms with Crippen LogP contribution in [0.25, 0.3) is 0 Å². The SMILES string of the molecule is C[C@H](SCC(=O)NCc1ccccn1)c1ccccc1Cl. The van der Waals surface area contributed by atoms with Crippen molar-refractivity contribution in [2.24, 2.45) is 0 Å². The lowest BCUT2D eigenvalue weighted by molar-refractivity contribution is -0.118. The lowest BCUT2D eigenvalue weighted by Gasteiger charge is -2.13. The van der Waals surface area contributed by atoms with Crippen LogP contribution in [0.2, 0.25) is 5.02 Å². The Labute approximate surface area is 134 Å². The van der Waals surface area contributed by atoms with Crippen molar-refractivity contribution in [3.05, 3.63) is 64.9 Å². The zero-order valence-electron chi connectivity index (χ0n) is 11.8. The van der Waals surface area contributed by atoms with E-state index >= 15 is 0 Å². The first-order valence-electron chi connectivity index (χ1n) is 6.69. The third-order valence-electron chi connectivity index (χ3n) is 3.00. The van der Waals surface area contributed by atoms with Gasteiger partial charge in [-0.3, -0.25) is 9.78 Å². The highest BCUT2D eigenvalue weighted by molar-refractivity contribution is 8.00. The molecule has 2 rings (SSSR count). The molecule has 2 aromatic rings. The fraction of sp³-hybridized carbons (Fsp3) is 0.250. The summed E-state index contributed by atoms with van der Waals surface area (Å²) >= 11 is 7.72. The first kappa shape index (κ1) is 15.9. The molecule has 0 radical (unpaired) electrons. The van der Waals surface area contributed by atoms with Crippen molar-refractivity contribution in [2.45, 2.75) is 18.7 Å². The number of hydrogen-bond acceptors (Lipinski definition) is 3. The van der Waals surface area contributed by atoms with Gasteiger partial charge in [-0.25, -0.2) is 0 Å². The number of thioether (sulfide) groups is 1. The van der Waals surface area contributed by atoms with Crippen LogP contribution in [0.15, 0.2) is 48.7 Å². The van der Waals surface area contributed by atoms with Crippen molar-refractivity contribution in [3.63, 3.8) is 0 Å². The smallest absolute Gasteiger partial charge is 0.230 e. The molecule has 0 aliphatic heterocycles. The van der Waals surface area contributed by atoms with Crippen molar-refractivity contribution in [1.82, 2.24) is 10.3 Å². The lowest BCUT2D eigenvalue weighted by atomic mass is 10.2. The fourth-order valence-corrected chi connectivity index (χ4v) is 3.09. The third kappa shape index (κ3) is 5.06. The quantitative estimate of drug-likeness (QED) is 0.879. The maximum absolute atomic E-state index is 11.8. The van der Waals surface area contributed by atoms with Crippen LogP contribution in [-0.4, -0.2) is 16.6 Å². The Morgan fingerprint density at radius 3 is 2.76 bits per heavy atom. The van der Waals surface area contributed by atoms with E-state index in [0.717, 1.165) is 16.3 Å². The van der Waals surface area contributed by atoms with Gasteiger partial charge < -0.3 is 5.32 Å². The van der Waals surface area contributed by atoms with Crippen LogP contribution in [0.4, 0.5) is 0 Å². The molecule has 0 spiro atoms. The zero-order chi connectivity index (χ0) is 15.1. The Morgan fingerprint density at radius 1 is 1.29 bits per heavy atom. The van der Waals surface area contributed by atoms with Gasteiger partial charge in [-0.05, 0) is 30.7 Å². The number of amides is 1. The van der Waals surface area contributed by atoms with E-state index in [4.69, 9.17) is 11.6 Å². The minimum Gasteiger partial charge on any atom is -0.350 e. The minimum absolute atomic E-state index is 0.00422. The van der Waals surface area contributed by atoms with E-state index in [1.165, 1.54) is 0 Å². The first-order chi connectivity index (χ1) is 10.2. The predicted octanol–water partition coefficient (Wildman–Crippen LogP) is 3.85. The molecule has 1 heterocycles. The summed E-state index contributed by atoms with van der Waals surface area (Å²) < 4.78 is 0. The molecule has 1 N–H and O–H groups in total. The van der Waals surface area contributed by atoms with Gasteiger partial charge in [-0.15, -0.1) is 11.8 Å². The van der Waals surface area contributed by atoms with Gasteiger partial charge in [0.05, 0.1) is 18.0 Å². The van der Waals surface area contributed by atoms with Crippen molar-refractivity contribution in [1.29, 1.82) is 0 Å². The van der Waals surface area contributed by atoms with Crippen molar-refractivity contribution in [2.75, 3.05) is 5.75 Å². The Balaban J connectivity index is 1.77. The van der Waals surface area contributed by atoms with E-state index in [2.05, 4.69) is 17.2 Å². The predicted molar refractivity (Wildman–Crippen MR) is 88.4 cm³/mol. The molecule has 0 saturated carbocycles. The summed E-state index contributed by atoms with van der Waals surface area (Å²) in [4.78, 5) is 16.0. The zero-order valence-corrected chi connectivity index (χ0v) is 13.3. The number of pyridine rings is 1. The summed E-state index contributed by atoms with van der Waals surface area (Å²) in [5.41, 5.74) is 1.91. The van der Waals surface area contributed by atoms with Crippen LogP contribution < -0.4 is 5.32 Å². The van der Waals surface area contributed by atoms with Gasteiger partial charge in [-0.2, -0.15) is 0 Å². The van der Waals surface area contributed by atoms with Gasteiger partial charge in [0, 0.05) is 16.5 Å². The third-order valence-corrected chi connectivity index (χ3v) is 4.53. The van der Waals surface area contributed by atoms with E-state index in [0.29, 0.717) is 12.3 Å². The number of benzene rings is 1. The summed E-state index contributed by atoms with van der Waals surface area (Å²) in [5, 5.41) is 3.79. The Hall–Kier alpha value is -1.52. The monoisotopic (exact) mass is 320 g/mol. The van der Waals surface area contributed by atoms with Gasteiger partial charge in [0.25, 0.3) is 0 Å². The van der Waals surface area contributed by atoms with E-state index in [9.17, 15) is 4.79 Å². The summed E-state index contributed by atoms with van der Waals surface area (Å²) in [7, 11) is 0. The summed E-state index contributed by atoms with van der Waals surface area (Å²) in [6, 6.07) is 13.4. The average Bonchev–Trinajstić information content (AvgIpc) is 2.52. The largest absolute Gasteiger partial charge is 0.350 e. The highest BCUT2D eigenvalue weighted by atomic mass is 35.5. The molecular weight excluding hydrogens is 304 g/mol. The molecule has 5 heteroatoms. The second-order valence-corrected chi connectivity index (χ2v) is 6.31. The molecule has 1 aromatic carbocycles. The van der Waals surface area contributed by atoms with Crippen LogP contribution in [-0.2, 0) is 11.3 Å². The second kappa shape index (κ2) is 8.05. The van der Waals surface area contributed by atoms with Crippen LogP contribution in [0.3, 0.4) is 0 Å². The Kier molecular flexibility index (Phi) is 6.08. The molecule has 0 fully saturated rings. The van der Waals surface area contributed by atoms with Crippen LogP contribution in [0.5, 0.6) is 0 Å². The molecule has 0 aliphatic carbocycles. The number of nitrogens with zero attached hydrogens (tertiary/aromatic N) is 1. The van der Waals surface area contributed by atoms with E-state index in [-0.39, 0.29) is 11.2 Å². The lowest BCUT2D eigenvalue weighted by Crippen LogP contribution is -2.25. The normalized spacial score (nSPS) is 11.9. The highest BCUT2D eigenvalue weighted by Crippen LogP contribution is 2.32. The van der Waals surface area contributed by atoms with E-state index < -0.39 is 0 Å². The van der Waals surface area contributed by atoms with E-state index in [1.807, 2.05) is 42.5 Å². The number of halogens is 1. The summed E-state index contributed by atoms with van der Waals surface area (Å²) in [6.07, 6.45) is 1.72. The molecule has 3 nitrogen and oxygen atoms in total. The van der Waals surface area contributed by atoms with Gasteiger partial charge >= 0.3 is 0 Å². The molecule has 1 amide bonds. The fourth-order valence-electron chi connectivity index (χ4n) is 1.84. The molecule has 21 heavy (non-hydrogen) atoms. The first-order valence-corrected chi connectivity index (χ1v) is 8.12. The second-order valence-electron chi connectivity index (χ2n) is 4.57. The van der Waals surface area contributed by atoms with Gasteiger partial charge in [0.1, 0.15) is 0 Å². The number of nitrogens with one attached hydrogen (secondary N) is 1. The number of rotatable bonds is 6. The number of carbonyl (C=O) groups is 1. The highest BCUT2D eigenvalue weighted by Gasteiger charge is 2.11. The molecule has 0 saturated heterocycles.